The van der Waals surface area contributed by atoms with Crippen molar-refractivity contribution >= 4 is 5.82 Å². The molecule has 118 valence electrons. The third kappa shape index (κ3) is 4.06. The Kier molecular flexibility index (Phi) is 4.52. The maximum atomic E-state index is 5.59. The first-order valence-electron chi connectivity index (χ1n) is 7.44. The molecular weight excluding hydrogens is 292 g/mol. The predicted molar refractivity (Wildman–Crippen MR) is 87.1 cm³/mol. The van der Waals surface area contributed by atoms with E-state index < -0.39 is 0 Å². The summed E-state index contributed by atoms with van der Waals surface area (Å²) >= 11 is 0. The Morgan fingerprint density at radius 2 is 1.96 bits per heavy atom. The Morgan fingerprint density at radius 3 is 2.65 bits per heavy atom. The average molecular weight is 310 g/mol. The summed E-state index contributed by atoms with van der Waals surface area (Å²) in [6.07, 6.45) is 1.71. The van der Waals surface area contributed by atoms with E-state index in [0.717, 1.165) is 17.1 Å². The van der Waals surface area contributed by atoms with Crippen molar-refractivity contribution in [3.63, 3.8) is 0 Å². The van der Waals surface area contributed by atoms with Crippen LogP contribution in [0, 0.1) is 0 Å². The van der Waals surface area contributed by atoms with Gasteiger partial charge in [0.05, 0.1) is 5.56 Å². The van der Waals surface area contributed by atoms with Crippen LogP contribution in [0.2, 0.25) is 0 Å². The number of rotatable bonds is 6. The first-order chi connectivity index (χ1) is 11.2. The molecule has 1 aromatic carbocycles. The molecule has 0 unspecified atom stereocenters. The van der Waals surface area contributed by atoms with Gasteiger partial charge < -0.3 is 14.6 Å². The van der Waals surface area contributed by atoms with Crippen molar-refractivity contribution in [2.24, 2.45) is 0 Å². The molecule has 6 nitrogen and oxygen atoms in total. The lowest BCUT2D eigenvalue weighted by atomic mass is 10.3. The Bertz CT molecular complexity index is 739. The van der Waals surface area contributed by atoms with Crippen LogP contribution in [0.1, 0.15) is 19.7 Å². The summed E-state index contributed by atoms with van der Waals surface area (Å²) in [6.45, 7) is 4.38. The van der Waals surface area contributed by atoms with Crippen molar-refractivity contribution < 1.29 is 9.26 Å². The standard InChI is InChI=1S/C17H18N4O2/c1-12(2)19-15-9-8-13(10-18-15)17-20-16(21-23-17)11-22-14-6-4-3-5-7-14/h3-10,12H,11H2,1-2H3,(H,18,19). The zero-order valence-corrected chi connectivity index (χ0v) is 13.1. The summed E-state index contributed by atoms with van der Waals surface area (Å²) in [6, 6.07) is 13.6. The molecule has 0 spiro atoms. The normalized spacial score (nSPS) is 10.7. The second-order valence-corrected chi connectivity index (χ2v) is 5.35. The minimum absolute atomic E-state index is 0.258. The lowest BCUT2D eigenvalue weighted by molar-refractivity contribution is 0.287. The second-order valence-electron chi connectivity index (χ2n) is 5.35. The molecule has 0 aliphatic heterocycles. The van der Waals surface area contributed by atoms with Gasteiger partial charge in [-0.15, -0.1) is 0 Å². The number of pyridine rings is 1. The molecule has 0 bridgehead atoms. The highest BCUT2D eigenvalue weighted by Crippen LogP contribution is 2.18. The van der Waals surface area contributed by atoms with E-state index in [1.165, 1.54) is 0 Å². The van der Waals surface area contributed by atoms with Crippen LogP contribution < -0.4 is 10.1 Å². The molecule has 3 rings (SSSR count). The predicted octanol–water partition coefficient (Wildman–Crippen LogP) is 3.53. The molecule has 23 heavy (non-hydrogen) atoms. The van der Waals surface area contributed by atoms with Crippen molar-refractivity contribution in [3.8, 4) is 17.2 Å². The Morgan fingerprint density at radius 1 is 1.13 bits per heavy atom. The first-order valence-corrected chi connectivity index (χ1v) is 7.44. The molecule has 1 N–H and O–H groups in total. The number of hydrogen-bond acceptors (Lipinski definition) is 6. The molecule has 0 aliphatic carbocycles. The van der Waals surface area contributed by atoms with Crippen LogP contribution in [0.15, 0.2) is 53.2 Å². The minimum atomic E-state index is 0.258. The van der Waals surface area contributed by atoms with E-state index in [-0.39, 0.29) is 6.61 Å². The number of nitrogens with zero attached hydrogens (tertiary/aromatic N) is 3. The van der Waals surface area contributed by atoms with Crippen LogP contribution in [-0.2, 0) is 6.61 Å². The summed E-state index contributed by atoms with van der Waals surface area (Å²) in [5, 5.41) is 7.15. The van der Waals surface area contributed by atoms with Crippen molar-refractivity contribution in [1.29, 1.82) is 0 Å². The molecule has 2 heterocycles. The lowest BCUT2D eigenvalue weighted by Crippen LogP contribution is -2.10. The van der Waals surface area contributed by atoms with Crippen LogP contribution in [0.3, 0.4) is 0 Å². The SMILES string of the molecule is CC(C)Nc1ccc(-c2nc(COc3ccccc3)no2)cn1. The van der Waals surface area contributed by atoms with E-state index in [9.17, 15) is 0 Å². The number of hydrogen-bond donors (Lipinski definition) is 1. The van der Waals surface area contributed by atoms with Crippen LogP contribution in [-0.4, -0.2) is 21.2 Å². The zero-order valence-electron chi connectivity index (χ0n) is 13.1. The van der Waals surface area contributed by atoms with Gasteiger partial charge in [-0.05, 0) is 38.1 Å². The molecule has 3 aromatic rings. The van der Waals surface area contributed by atoms with E-state index >= 15 is 0 Å². The molecule has 2 aromatic heterocycles. The molecule has 0 saturated carbocycles. The van der Waals surface area contributed by atoms with Gasteiger partial charge in [-0.1, -0.05) is 23.4 Å². The number of anilines is 1. The van der Waals surface area contributed by atoms with Crippen LogP contribution in [0.25, 0.3) is 11.5 Å². The minimum Gasteiger partial charge on any atom is -0.485 e. The summed E-state index contributed by atoms with van der Waals surface area (Å²) in [5.74, 6) is 2.51. The van der Waals surface area contributed by atoms with Crippen molar-refractivity contribution in [2.75, 3.05) is 5.32 Å². The number of para-hydroxylation sites is 1. The number of nitrogens with one attached hydrogen (secondary N) is 1. The van der Waals surface area contributed by atoms with Crippen LogP contribution in [0.4, 0.5) is 5.82 Å². The van der Waals surface area contributed by atoms with Crippen LogP contribution >= 0.6 is 0 Å². The van der Waals surface area contributed by atoms with E-state index in [1.807, 2.05) is 42.5 Å². The first kappa shape index (κ1) is 15.0. The molecular formula is C17H18N4O2. The monoisotopic (exact) mass is 310 g/mol. The fourth-order valence-corrected chi connectivity index (χ4v) is 2.00. The van der Waals surface area contributed by atoms with Crippen molar-refractivity contribution in [1.82, 2.24) is 15.1 Å². The number of ether oxygens (including phenoxy) is 1. The lowest BCUT2D eigenvalue weighted by Gasteiger charge is -2.08. The topological polar surface area (TPSA) is 73.1 Å². The molecule has 0 atom stereocenters. The maximum absolute atomic E-state index is 5.59. The average Bonchev–Trinajstić information content (AvgIpc) is 3.03. The molecule has 0 fully saturated rings. The highest BCUT2D eigenvalue weighted by Gasteiger charge is 2.10. The quantitative estimate of drug-likeness (QED) is 0.751. The summed E-state index contributed by atoms with van der Waals surface area (Å²) in [7, 11) is 0. The Hall–Kier alpha value is -2.89. The fourth-order valence-electron chi connectivity index (χ4n) is 2.00. The van der Waals surface area contributed by atoms with Gasteiger partial charge in [0, 0.05) is 12.2 Å². The second kappa shape index (κ2) is 6.91. The van der Waals surface area contributed by atoms with Crippen LogP contribution in [0.5, 0.6) is 5.75 Å². The Labute approximate surface area is 134 Å². The van der Waals surface area contributed by atoms with Gasteiger partial charge in [0.15, 0.2) is 6.61 Å². The highest BCUT2D eigenvalue weighted by molar-refractivity contribution is 5.54. The van der Waals surface area contributed by atoms with Gasteiger partial charge in [-0.25, -0.2) is 4.98 Å². The van der Waals surface area contributed by atoms with Gasteiger partial charge >= 0.3 is 0 Å². The number of aromatic nitrogens is 3. The molecule has 0 aliphatic rings. The summed E-state index contributed by atoms with van der Waals surface area (Å²) < 4.78 is 10.9. The van der Waals surface area contributed by atoms with E-state index in [0.29, 0.717) is 17.8 Å². The van der Waals surface area contributed by atoms with Crippen molar-refractivity contribution in [2.45, 2.75) is 26.5 Å². The third-order valence-electron chi connectivity index (χ3n) is 3.03. The van der Waals surface area contributed by atoms with Gasteiger partial charge in [0.2, 0.25) is 5.82 Å². The molecule has 0 saturated heterocycles. The zero-order chi connectivity index (χ0) is 16.1. The third-order valence-corrected chi connectivity index (χ3v) is 3.03. The van der Waals surface area contributed by atoms with Gasteiger partial charge in [-0.3, -0.25) is 0 Å². The molecule has 0 amide bonds. The molecule has 6 heteroatoms. The smallest absolute Gasteiger partial charge is 0.259 e. The Balaban J connectivity index is 1.64. The van der Waals surface area contributed by atoms with Gasteiger partial charge in [-0.2, -0.15) is 4.98 Å². The number of benzene rings is 1. The maximum Gasteiger partial charge on any atom is 0.259 e. The highest BCUT2D eigenvalue weighted by atomic mass is 16.5. The summed E-state index contributed by atoms with van der Waals surface area (Å²) in [4.78, 5) is 8.65. The fraction of sp³-hybridized carbons (Fsp3) is 0.235. The summed E-state index contributed by atoms with van der Waals surface area (Å²) in [5.41, 5.74) is 0.776. The molecule has 0 radical (unpaired) electrons. The van der Waals surface area contributed by atoms with E-state index in [1.54, 1.807) is 6.20 Å². The van der Waals surface area contributed by atoms with E-state index in [2.05, 4.69) is 34.3 Å². The van der Waals surface area contributed by atoms with Crippen molar-refractivity contribution in [3.05, 3.63) is 54.5 Å². The van der Waals surface area contributed by atoms with Gasteiger partial charge in [0.25, 0.3) is 5.89 Å². The van der Waals surface area contributed by atoms with Gasteiger partial charge in [0.1, 0.15) is 11.6 Å². The van der Waals surface area contributed by atoms with E-state index in [4.69, 9.17) is 9.26 Å². The largest absolute Gasteiger partial charge is 0.485 e.